The quantitative estimate of drug-likeness (QED) is 0.848. The molecule has 0 unspecified atom stereocenters. The van der Waals surface area contributed by atoms with Crippen LogP contribution in [0.3, 0.4) is 0 Å². The first-order chi connectivity index (χ1) is 7.42. The Morgan fingerprint density at radius 2 is 1.94 bits per heavy atom. The fraction of sp³-hybridized carbons (Fsp3) is 0.571. The van der Waals surface area contributed by atoms with Crippen LogP contribution >= 0.6 is 0 Å². The molecule has 0 saturated carbocycles. The van der Waals surface area contributed by atoms with Crippen molar-refractivity contribution in [1.82, 2.24) is 0 Å². The summed E-state index contributed by atoms with van der Waals surface area (Å²) in [7, 11) is 1.69. The second kappa shape index (κ2) is 4.88. The number of ether oxygens (including phenoxy) is 1. The largest absolute Gasteiger partial charge is 0.496 e. The normalized spacial score (nSPS) is 11.9. The van der Waals surface area contributed by atoms with Gasteiger partial charge in [0.25, 0.3) is 0 Å². The molecule has 0 aromatic heterocycles. The lowest BCUT2D eigenvalue weighted by Gasteiger charge is -2.24. The minimum Gasteiger partial charge on any atom is -0.496 e. The highest BCUT2D eigenvalue weighted by molar-refractivity contribution is 5.41. The van der Waals surface area contributed by atoms with E-state index >= 15 is 0 Å². The molecule has 2 nitrogen and oxygen atoms in total. The van der Waals surface area contributed by atoms with Crippen molar-refractivity contribution < 1.29 is 9.84 Å². The van der Waals surface area contributed by atoms with Crippen LogP contribution in [0.4, 0.5) is 0 Å². The molecule has 0 radical (unpaired) electrons. The fourth-order valence-electron chi connectivity index (χ4n) is 1.70. The van der Waals surface area contributed by atoms with E-state index in [1.165, 1.54) is 5.56 Å². The van der Waals surface area contributed by atoms with Crippen LogP contribution in [0.25, 0.3) is 0 Å². The Morgan fingerprint density at radius 3 is 2.38 bits per heavy atom. The van der Waals surface area contributed by atoms with E-state index in [1.54, 1.807) is 7.11 Å². The van der Waals surface area contributed by atoms with E-state index in [4.69, 9.17) is 4.74 Å². The molecule has 0 saturated heterocycles. The van der Waals surface area contributed by atoms with Crippen molar-refractivity contribution in [2.45, 2.75) is 39.0 Å². The number of rotatable bonds is 4. The Kier molecular flexibility index (Phi) is 3.98. The summed E-state index contributed by atoms with van der Waals surface area (Å²) in [6, 6.07) is 6.16. The molecule has 1 aromatic rings. The van der Waals surface area contributed by atoms with Gasteiger partial charge in [-0.1, -0.05) is 39.8 Å². The highest BCUT2D eigenvalue weighted by atomic mass is 16.5. The SMILES string of the molecule is COc1ccc(C(C)(C)CO)cc1C(C)C. The average Bonchev–Trinajstić information content (AvgIpc) is 2.28. The van der Waals surface area contributed by atoms with E-state index in [9.17, 15) is 5.11 Å². The predicted molar refractivity (Wildman–Crippen MR) is 67.2 cm³/mol. The molecule has 0 aliphatic carbocycles. The number of benzene rings is 1. The summed E-state index contributed by atoms with van der Waals surface area (Å²) in [5.74, 6) is 1.34. The molecule has 0 atom stereocenters. The smallest absolute Gasteiger partial charge is 0.122 e. The van der Waals surface area contributed by atoms with Gasteiger partial charge in [0.1, 0.15) is 5.75 Å². The van der Waals surface area contributed by atoms with Crippen LogP contribution in [0.2, 0.25) is 0 Å². The summed E-state index contributed by atoms with van der Waals surface area (Å²) in [5, 5.41) is 9.37. The summed E-state index contributed by atoms with van der Waals surface area (Å²) >= 11 is 0. The van der Waals surface area contributed by atoms with Crippen LogP contribution < -0.4 is 4.74 Å². The topological polar surface area (TPSA) is 29.5 Å². The van der Waals surface area contributed by atoms with Gasteiger partial charge in [-0.15, -0.1) is 0 Å². The van der Waals surface area contributed by atoms with Crippen LogP contribution in [-0.4, -0.2) is 18.8 Å². The van der Waals surface area contributed by atoms with Crippen molar-refractivity contribution in [2.24, 2.45) is 0 Å². The van der Waals surface area contributed by atoms with Crippen molar-refractivity contribution in [3.05, 3.63) is 29.3 Å². The Labute approximate surface area is 98.3 Å². The molecule has 0 amide bonds. The van der Waals surface area contributed by atoms with E-state index in [0.717, 1.165) is 11.3 Å². The van der Waals surface area contributed by atoms with Gasteiger partial charge >= 0.3 is 0 Å². The lowest BCUT2D eigenvalue weighted by atomic mass is 9.83. The first kappa shape index (κ1) is 13.0. The van der Waals surface area contributed by atoms with E-state index in [0.29, 0.717) is 5.92 Å². The van der Waals surface area contributed by atoms with Crippen LogP contribution in [0.15, 0.2) is 18.2 Å². The lowest BCUT2D eigenvalue weighted by molar-refractivity contribution is 0.218. The molecule has 0 aliphatic rings. The number of methoxy groups -OCH3 is 1. The van der Waals surface area contributed by atoms with Gasteiger partial charge in [-0.2, -0.15) is 0 Å². The second-order valence-electron chi connectivity index (χ2n) is 5.15. The third-order valence-corrected chi connectivity index (χ3v) is 3.03. The number of aliphatic hydroxyl groups excluding tert-OH is 1. The minimum atomic E-state index is -0.199. The van der Waals surface area contributed by atoms with Gasteiger partial charge in [0.05, 0.1) is 13.7 Å². The molecule has 1 N–H and O–H groups in total. The van der Waals surface area contributed by atoms with Crippen molar-refractivity contribution in [3.8, 4) is 5.75 Å². The van der Waals surface area contributed by atoms with Gasteiger partial charge in [-0.25, -0.2) is 0 Å². The van der Waals surface area contributed by atoms with Crippen LogP contribution in [0.5, 0.6) is 5.75 Å². The summed E-state index contributed by atoms with van der Waals surface area (Å²) in [4.78, 5) is 0. The van der Waals surface area contributed by atoms with Crippen LogP contribution in [0.1, 0.15) is 44.7 Å². The maximum atomic E-state index is 9.37. The summed E-state index contributed by atoms with van der Waals surface area (Å²) in [6.45, 7) is 8.52. The van der Waals surface area contributed by atoms with Crippen molar-refractivity contribution in [3.63, 3.8) is 0 Å². The highest BCUT2D eigenvalue weighted by Gasteiger charge is 2.21. The Morgan fingerprint density at radius 1 is 1.31 bits per heavy atom. The van der Waals surface area contributed by atoms with Gasteiger partial charge in [0.2, 0.25) is 0 Å². The zero-order valence-corrected chi connectivity index (χ0v) is 10.9. The molecule has 0 bridgehead atoms. The highest BCUT2D eigenvalue weighted by Crippen LogP contribution is 2.32. The first-order valence-electron chi connectivity index (χ1n) is 5.71. The Hall–Kier alpha value is -1.02. The number of hydrogen-bond acceptors (Lipinski definition) is 2. The fourth-order valence-corrected chi connectivity index (χ4v) is 1.70. The monoisotopic (exact) mass is 222 g/mol. The van der Waals surface area contributed by atoms with Crippen molar-refractivity contribution in [1.29, 1.82) is 0 Å². The molecule has 2 heteroatoms. The maximum absolute atomic E-state index is 9.37. The van der Waals surface area contributed by atoms with E-state index < -0.39 is 0 Å². The van der Waals surface area contributed by atoms with Crippen molar-refractivity contribution in [2.75, 3.05) is 13.7 Å². The van der Waals surface area contributed by atoms with Crippen LogP contribution in [-0.2, 0) is 5.41 Å². The zero-order valence-electron chi connectivity index (χ0n) is 10.9. The second-order valence-corrected chi connectivity index (χ2v) is 5.15. The number of aliphatic hydroxyl groups is 1. The van der Waals surface area contributed by atoms with Gasteiger partial charge in [-0.05, 0) is 23.1 Å². The van der Waals surface area contributed by atoms with Gasteiger partial charge in [0, 0.05) is 5.41 Å². The molecule has 90 valence electrons. The molecule has 16 heavy (non-hydrogen) atoms. The molecule has 0 heterocycles. The summed E-state index contributed by atoms with van der Waals surface area (Å²) in [5.41, 5.74) is 2.15. The molecule has 1 aromatic carbocycles. The molecule has 0 aliphatic heterocycles. The summed E-state index contributed by atoms with van der Waals surface area (Å²) < 4.78 is 5.35. The average molecular weight is 222 g/mol. The van der Waals surface area contributed by atoms with Gasteiger partial charge in [-0.3, -0.25) is 0 Å². The predicted octanol–water partition coefficient (Wildman–Crippen LogP) is 3.09. The summed E-state index contributed by atoms with van der Waals surface area (Å²) in [6.07, 6.45) is 0. The Bertz CT molecular complexity index is 354. The first-order valence-corrected chi connectivity index (χ1v) is 5.71. The Balaban J connectivity index is 3.22. The minimum absolute atomic E-state index is 0.150. The maximum Gasteiger partial charge on any atom is 0.122 e. The lowest BCUT2D eigenvalue weighted by Crippen LogP contribution is -2.22. The molecular formula is C14H22O2. The zero-order chi connectivity index (χ0) is 12.3. The van der Waals surface area contributed by atoms with Crippen LogP contribution in [0, 0.1) is 0 Å². The molecule has 0 spiro atoms. The third kappa shape index (κ3) is 2.56. The third-order valence-electron chi connectivity index (χ3n) is 3.03. The molecule has 1 rings (SSSR count). The molecule has 0 fully saturated rings. The molecular weight excluding hydrogens is 200 g/mol. The van der Waals surface area contributed by atoms with Crippen molar-refractivity contribution >= 4 is 0 Å². The van der Waals surface area contributed by atoms with E-state index in [-0.39, 0.29) is 12.0 Å². The van der Waals surface area contributed by atoms with Gasteiger partial charge < -0.3 is 9.84 Å². The van der Waals surface area contributed by atoms with E-state index in [2.05, 4.69) is 19.9 Å². The van der Waals surface area contributed by atoms with E-state index in [1.807, 2.05) is 26.0 Å². The standard InChI is InChI=1S/C14H22O2/c1-10(2)12-8-11(14(3,4)9-15)6-7-13(12)16-5/h6-8,10,15H,9H2,1-5H3. The van der Waals surface area contributed by atoms with Gasteiger partial charge in [0.15, 0.2) is 0 Å². The number of hydrogen-bond donors (Lipinski definition) is 1.